The number of hydrogen-bond acceptors (Lipinski definition) is 6. The predicted octanol–water partition coefficient (Wildman–Crippen LogP) is 3.56. The zero-order valence-corrected chi connectivity index (χ0v) is 16.1. The number of carbonyl (C=O) groups excluding carboxylic acids is 1. The number of carbonyl (C=O) groups is 1. The Kier molecular flexibility index (Phi) is 6.08. The Balaban J connectivity index is 1.55. The lowest BCUT2D eigenvalue weighted by molar-refractivity contribution is -0.119. The topological polar surface area (TPSA) is 73.6 Å². The third-order valence-corrected chi connectivity index (χ3v) is 5.33. The fourth-order valence-electron chi connectivity index (χ4n) is 2.89. The second-order valence-electron chi connectivity index (χ2n) is 6.23. The van der Waals surface area contributed by atoms with Gasteiger partial charge in [0, 0.05) is 11.3 Å². The van der Waals surface area contributed by atoms with Crippen LogP contribution in [0.4, 0.5) is 0 Å². The molecule has 7 heteroatoms. The van der Waals surface area contributed by atoms with Crippen molar-refractivity contribution in [2.75, 3.05) is 19.0 Å². The molecule has 1 aromatic carbocycles. The van der Waals surface area contributed by atoms with E-state index in [1.807, 2.05) is 32.0 Å². The maximum Gasteiger partial charge on any atom is 0.230 e. The van der Waals surface area contributed by atoms with Crippen LogP contribution in [0.15, 0.2) is 22.7 Å². The Labute approximate surface area is 157 Å². The number of fused-ring (bicyclic) bond motifs is 1. The van der Waals surface area contributed by atoms with Gasteiger partial charge < -0.3 is 19.3 Å². The van der Waals surface area contributed by atoms with Crippen LogP contribution in [0.25, 0.3) is 0 Å². The molecule has 0 fully saturated rings. The van der Waals surface area contributed by atoms with Crippen LogP contribution in [0.2, 0.25) is 0 Å². The highest BCUT2D eigenvalue weighted by molar-refractivity contribution is 7.99. The van der Waals surface area contributed by atoms with Crippen LogP contribution < -0.4 is 14.8 Å². The number of aryl methyl sites for hydroxylation is 2. The van der Waals surface area contributed by atoms with E-state index in [9.17, 15) is 4.79 Å². The number of benzene rings is 1. The minimum absolute atomic E-state index is 0.0171. The number of hydrogen-bond donors (Lipinski definition) is 1. The molecule has 6 nitrogen and oxygen atoms in total. The van der Waals surface area contributed by atoms with Crippen molar-refractivity contribution in [3.63, 3.8) is 0 Å². The van der Waals surface area contributed by atoms with Gasteiger partial charge in [-0.15, -0.1) is 11.8 Å². The molecule has 0 unspecified atom stereocenters. The SMILES string of the molecule is CC[C@H](NC(=O)CSCc1c(C)noc1C)c1ccc2c(c1)OCCO2. The van der Waals surface area contributed by atoms with Gasteiger partial charge in [0.2, 0.25) is 5.91 Å². The first-order chi connectivity index (χ1) is 12.6. The first-order valence-corrected chi connectivity index (χ1v) is 9.92. The zero-order valence-electron chi connectivity index (χ0n) is 15.3. The smallest absolute Gasteiger partial charge is 0.230 e. The van der Waals surface area contributed by atoms with Crippen LogP contribution in [-0.2, 0) is 10.5 Å². The highest BCUT2D eigenvalue weighted by atomic mass is 32.2. The molecule has 3 rings (SSSR count). The van der Waals surface area contributed by atoms with Gasteiger partial charge in [-0.05, 0) is 38.0 Å². The summed E-state index contributed by atoms with van der Waals surface area (Å²) in [5, 5.41) is 7.04. The van der Waals surface area contributed by atoms with E-state index < -0.39 is 0 Å². The number of nitrogens with zero attached hydrogens (tertiary/aromatic N) is 1. The van der Waals surface area contributed by atoms with Crippen LogP contribution in [0.5, 0.6) is 11.5 Å². The maximum atomic E-state index is 12.3. The van der Waals surface area contributed by atoms with Crippen LogP contribution in [-0.4, -0.2) is 30.0 Å². The molecule has 1 aliphatic heterocycles. The molecule has 26 heavy (non-hydrogen) atoms. The number of thioether (sulfide) groups is 1. The number of nitrogens with one attached hydrogen (secondary N) is 1. The lowest BCUT2D eigenvalue weighted by Gasteiger charge is -2.22. The van der Waals surface area contributed by atoms with Crippen LogP contribution >= 0.6 is 11.8 Å². The van der Waals surface area contributed by atoms with Gasteiger partial charge in [0.1, 0.15) is 19.0 Å². The maximum absolute atomic E-state index is 12.3. The van der Waals surface area contributed by atoms with Crippen LogP contribution in [0, 0.1) is 13.8 Å². The van der Waals surface area contributed by atoms with Crippen molar-refractivity contribution < 1.29 is 18.8 Å². The summed E-state index contributed by atoms with van der Waals surface area (Å²) in [5.41, 5.74) is 2.99. The predicted molar refractivity (Wildman–Crippen MR) is 101 cm³/mol. The molecule has 1 aromatic heterocycles. The van der Waals surface area contributed by atoms with E-state index in [1.165, 1.54) is 0 Å². The van der Waals surface area contributed by atoms with Gasteiger partial charge in [-0.3, -0.25) is 4.79 Å². The van der Waals surface area contributed by atoms with Crippen molar-refractivity contribution in [1.29, 1.82) is 0 Å². The van der Waals surface area contributed by atoms with Gasteiger partial charge in [-0.25, -0.2) is 0 Å². The van der Waals surface area contributed by atoms with Crippen molar-refractivity contribution in [3.05, 3.63) is 40.8 Å². The lowest BCUT2D eigenvalue weighted by atomic mass is 10.0. The van der Waals surface area contributed by atoms with Crippen molar-refractivity contribution in [2.45, 2.75) is 39.0 Å². The second-order valence-corrected chi connectivity index (χ2v) is 7.21. The first kappa shape index (κ1) is 18.6. The summed E-state index contributed by atoms with van der Waals surface area (Å²) in [6.07, 6.45) is 0.805. The van der Waals surface area contributed by atoms with Crippen molar-refractivity contribution >= 4 is 17.7 Å². The number of amides is 1. The zero-order chi connectivity index (χ0) is 18.5. The largest absolute Gasteiger partial charge is 0.486 e. The fourth-order valence-corrected chi connectivity index (χ4v) is 3.87. The average Bonchev–Trinajstić information content (AvgIpc) is 2.97. The molecule has 0 bridgehead atoms. The molecule has 0 radical (unpaired) electrons. The van der Waals surface area contributed by atoms with Gasteiger partial charge in [-0.2, -0.15) is 0 Å². The van der Waals surface area contributed by atoms with Gasteiger partial charge in [0.15, 0.2) is 11.5 Å². The molecule has 1 aliphatic rings. The van der Waals surface area contributed by atoms with Gasteiger partial charge in [-0.1, -0.05) is 18.1 Å². The van der Waals surface area contributed by atoms with Crippen molar-refractivity contribution in [1.82, 2.24) is 10.5 Å². The highest BCUT2D eigenvalue weighted by Gasteiger charge is 2.18. The summed E-state index contributed by atoms with van der Waals surface area (Å²) in [6.45, 7) is 6.99. The molecule has 0 spiro atoms. The standard InChI is InChI=1S/C19H24N2O4S/c1-4-16(14-5-6-17-18(9-14)24-8-7-23-17)20-19(22)11-26-10-15-12(2)21-25-13(15)3/h5-6,9,16H,4,7-8,10-11H2,1-3H3,(H,20,22)/t16-/m0/s1. The molecule has 0 saturated heterocycles. The van der Waals surface area contributed by atoms with E-state index in [0.717, 1.165) is 46.3 Å². The summed E-state index contributed by atoms with van der Waals surface area (Å²) in [7, 11) is 0. The summed E-state index contributed by atoms with van der Waals surface area (Å²) in [4.78, 5) is 12.3. The first-order valence-electron chi connectivity index (χ1n) is 8.77. The Morgan fingerprint density at radius 3 is 2.73 bits per heavy atom. The third kappa shape index (κ3) is 4.33. The van der Waals surface area contributed by atoms with Gasteiger partial charge in [0.05, 0.1) is 17.5 Å². The number of aromatic nitrogens is 1. The third-order valence-electron chi connectivity index (χ3n) is 4.37. The molecule has 0 aliphatic carbocycles. The van der Waals surface area contributed by atoms with Crippen molar-refractivity contribution in [3.8, 4) is 11.5 Å². The van der Waals surface area contributed by atoms with Gasteiger partial charge >= 0.3 is 0 Å². The molecule has 1 amide bonds. The summed E-state index contributed by atoms with van der Waals surface area (Å²) < 4.78 is 16.3. The number of ether oxygens (including phenoxy) is 2. The Morgan fingerprint density at radius 2 is 2.04 bits per heavy atom. The monoisotopic (exact) mass is 376 g/mol. The lowest BCUT2D eigenvalue weighted by Crippen LogP contribution is -2.29. The normalized spacial score (nSPS) is 14.1. The molecule has 2 heterocycles. The summed E-state index contributed by atoms with van der Waals surface area (Å²) in [5.74, 6) is 3.45. The minimum atomic E-state index is -0.0435. The summed E-state index contributed by atoms with van der Waals surface area (Å²) in [6, 6.07) is 5.81. The van der Waals surface area contributed by atoms with E-state index in [0.29, 0.717) is 19.0 Å². The van der Waals surface area contributed by atoms with E-state index in [-0.39, 0.29) is 11.9 Å². The molecule has 140 valence electrons. The molecule has 1 atom stereocenters. The van der Waals surface area contributed by atoms with Crippen molar-refractivity contribution in [2.24, 2.45) is 0 Å². The fraction of sp³-hybridized carbons (Fsp3) is 0.474. The van der Waals surface area contributed by atoms with Crippen LogP contribution in [0.3, 0.4) is 0 Å². The molecule has 0 saturated carbocycles. The van der Waals surface area contributed by atoms with E-state index in [1.54, 1.807) is 11.8 Å². The average molecular weight is 376 g/mol. The van der Waals surface area contributed by atoms with E-state index in [2.05, 4.69) is 17.4 Å². The Morgan fingerprint density at radius 1 is 1.27 bits per heavy atom. The summed E-state index contributed by atoms with van der Waals surface area (Å²) >= 11 is 1.56. The highest BCUT2D eigenvalue weighted by Crippen LogP contribution is 2.33. The Bertz CT molecular complexity index is 755. The van der Waals surface area contributed by atoms with E-state index in [4.69, 9.17) is 14.0 Å². The second kappa shape index (κ2) is 8.49. The quantitative estimate of drug-likeness (QED) is 0.796. The Hall–Kier alpha value is -2.15. The van der Waals surface area contributed by atoms with Gasteiger partial charge in [0.25, 0.3) is 0 Å². The molecule has 2 aromatic rings. The minimum Gasteiger partial charge on any atom is -0.486 e. The molecular weight excluding hydrogens is 352 g/mol. The number of rotatable bonds is 7. The van der Waals surface area contributed by atoms with Crippen LogP contribution in [0.1, 0.15) is 42.0 Å². The molecular formula is C19H24N2O4S. The van der Waals surface area contributed by atoms with E-state index >= 15 is 0 Å². The molecule has 1 N–H and O–H groups in total.